The van der Waals surface area contributed by atoms with E-state index in [4.69, 9.17) is 106 Å². The molecule has 0 radical (unpaired) electrons. The average Bonchev–Trinajstić information content (AvgIpc) is 1.74. The summed E-state index contributed by atoms with van der Waals surface area (Å²) < 4.78 is 85.8. The molecule has 2 aromatic carbocycles. The zero-order valence-corrected chi connectivity index (χ0v) is 81.6. The zero-order chi connectivity index (χ0) is 97.1. The molecule has 16 rings (SSSR count). The van der Waals surface area contributed by atoms with E-state index in [9.17, 15) is 13.2 Å². The molecule has 8 aromatic rings. The van der Waals surface area contributed by atoms with Crippen LogP contribution in [0.4, 0.5) is 13.2 Å². The van der Waals surface area contributed by atoms with Crippen molar-refractivity contribution in [1.29, 1.82) is 10.5 Å². The Morgan fingerprint density at radius 1 is 0.370 bits per heavy atom. The van der Waals surface area contributed by atoms with Crippen molar-refractivity contribution in [3.05, 3.63) is 218 Å². The number of nitrogens with zero attached hydrogens (tertiary/aromatic N) is 18. The molecule has 16 atom stereocenters. The van der Waals surface area contributed by atoms with Crippen LogP contribution in [0.25, 0.3) is 0 Å². The lowest BCUT2D eigenvalue weighted by Crippen LogP contribution is -2.30. The third-order valence-corrected chi connectivity index (χ3v) is 26.6. The van der Waals surface area contributed by atoms with Crippen LogP contribution in [0.3, 0.4) is 0 Å². The Kier molecular flexibility index (Phi) is 48.6. The van der Waals surface area contributed by atoms with Gasteiger partial charge in [0.2, 0.25) is 0 Å². The molecular formula is C96H146ClF3N26O8S. The van der Waals surface area contributed by atoms with Crippen LogP contribution < -0.4 is 45.9 Å². The predicted octanol–water partition coefficient (Wildman–Crippen LogP) is 4.46. The predicted molar refractivity (Wildman–Crippen MR) is 520 cm³/mol. The molecule has 8 aliphatic rings. The minimum Gasteiger partial charge on any atom is -0.383 e. The van der Waals surface area contributed by atoms with Gasteiger partial charge < -0.3 is 83.8 Å². The molecule has 0 spiro atoms. The van der Waals surface area contributed by atoms with E-state index in [1.807, 2.05) is 78.0 Å². The molecule has 8 aliphatic heterocycles. The van der Waals surface area contributed by atoms with Crippen LogP contribution >= 0.6 is 23.1 Å². The first-order valence-corrected chi connectivity index (χ1v) is 47.5. The second-order valence-electron chi connectivity index (χ2n) is 35.6. The lowest BCUT2D eigenvalue weighted by Gasteiger charge is -2.15. The fourth-order valence-electron chi connectivity index (χ4n) is 18.4. The fraction of sp³-hybridized carbons (Fsp3) is 0.594. The van der Waals surface area contributed by atoms with Gasteiger partial charge in [-0.1, -0.05) is 40.4 Å². The molecule has 8 fully saturated rings. The highest BCUT2D eigenvalue weighted by atomic mass is 35.5. The van der Waals surface area contributed by atoms with Gasteiger partial charge in [0.15, 0.2) is 0 Å². The highest BCUT2D eigenvalue weighted by Crippen LogP contribution is 2.34. The van der Waals surface area contributed by atoms with Gasteiger partial charge in [-0.3, -0.25) is 63.8 Å². The molecular weight excluding hydrogens is 1770 g/mol. The van der Waals surface area contributed by atoms with E-state index in [-0.39, 0.29) is 83.5 Å². The molecule has 0 amide bonds. The van der Waals surface area contributed by atoms with E-state index in [1.54, 1.807) is 87.6 Å². The van der Waals surface area contributed by atoms with Crippen molar-refractivity contribution in [3.8, 4) is 12.1 Å². The summed E-state index contributed by atoms with van der Waals surface area (Å²) >= 11 is 7.34. The fourth-order valence-corrected chi connectivity index (χ4v) is 19.1. The molecule has 0 saturated carbocycles. The van der Waals surface area contributed by atoms with Crippen molar-refractivity contribution >= 4 is 23.1 Å². The number of aromatic nitrogens is 8. The van der Waals surface area contributed by atoms with Gasteiger partial charge in [0.1, 0.15) is 17.5 Å². The first-order chi connectivity index (χ1) is 65.3. The van der Waals surface area contributed by atoms with Crippen molar-refractivity contribution < 1.29 is 51.1 Å². The van der Waals surface area contributed by atoms with E-state index in [2.05, 4.69) is 98.2 Å². The van der Waals surface area contributed by atoms with Crippen molar-refractivity contribution in [2.24, 2.45) is 52.9 Å². The molecule has 0 bridgehead atoms. The maximum Gasteiger partial charge on any atom is 0.145 e. The number of pyridine rings is 4. The number of nitrogens with two attached hydrogens (primary N) is 8. The molecule has 39 heteroatoms. The number of hydrogen-bond donors (Lipinski definition) is 8. The molecule has 14 heterocycles. The number of nitriles is 2. The lowest BCUT2D eigenvalue weighted by molar-refractivity contribution is 0.159. The Hall–Kier alpha value is -8.09. The zero-order valence-electron chi connectivity index (χ0n) is 80.0. The Labute approximate surface area is 804 Å². The van der Waals surface area contributed by atoms with Gasteiger partial charge in [0.25, 0.3) is 0 Å². The SMILES string of the molecule is COCCN1C[C@@H](N)[C@H](c2ccc(C#N)cc2)C1.COCCN1C[C@@H](N)[C@H](c2ccc(F)cn2)C1.COCCN1C[C@@H](N)[C@H](c2cccc(C#N)c2)C1.COCCN1C[C@@H](N)[C@H](c2ccncc2F)C1.COCCN1C[C@@H](N)[C@H](c2cncc(Cl)c2)C1.COCCN1C[C@@H](N)[C@H](c2cncc(F)c2)C1.COCCN1C[C@@H](N)[C@H](c2cnn(C)c2)C1.COCCN1C[C@@H](N)[C@H](c2csnn2)C1. The van der Waals surface area contributed by atoms with Gasteiger partial charge in [-0.05, 0) is 99.5 Å². The van der Waals surface area contributed by atoms with Crippen LogP contribution in [-0.4, -0.2) is 394 Å². The molecule has 34 nitrogen and oxygen atoms in total. The van der Waals surface area contributed by atoms with E-state index in [1.165, 1.54) is 58.9 Å². The normalized spacial score (nSPS) is 25.4. The number of methoxy groups -OCH3 is 8. The molecule has 135 heavy (non-hydrogen) atoms. The Bertz CT molecular complexity index is 4650. The highest BCUT2D eigenvalue weighted by molar-refractivity contribution is 7.03. The number of aryl methyl sites for hydroxylation is 1. The van der Waals surface area contributed by atoms with Gasteiger partial charge in [0.05, 0.1) is 112 Å². The summed E-state index contributed by atoms with van der Waals surface area (Å²) in [6, 6.07) is 29.1. The maximum absolute atomic E-state index is 13.6. The van der Waals surface area contributed by atoms with E-state index >= 15 is 0 Å². The second kappa shape index (κ2) is 59.4. The summed E-state index contributed by atoms with van der Waals surface area (Å²) in [6.07, 6.45) is 14.5. The Morgan fingerprint density at radius 3 is 1.13 bits per heavy atom. The maximum atomic E-state index is 13.6. The van der Waals surface area contributed by atoms with Crippen molar-refractivity contribution in [3.63, 3.8) is 0 Å². The summed E-state index contributed by atoms with van der Waals surface area (Å²) in [5.41, 5.74) is 58.7. The third kappa shape index (κ3) is 35.6. The summed E-state index contributed by atoms with van der Waals surface area (Å²) in [6.45, 7) is 27.4. The van der Waals surface area contributed by atoms with Gasteiger partial charge in [-0.25, -0.2) is 13.2 Å². The smallest absolute Gasteiger partial charge is 0.145 e. The highest BCUT2D eigenvalue weighted by Gasteiger charge is 2.39. The van der Waals surface area contributed by atoms with E-state index < -0.39 is 0 Å². The topological polar surface area (TPSA) is 451 Å². The first kappa shape index (κ1) is 111. The first-order valence-electron chi connectivity index (χ1n) is 46.3. The largest absolute Gasteiger partial charge is 0.383 e. The molecule has 16 N–H and O–H groups in total. The number of benzene rings is 2. The van der Waals surface area contributed by atoms with E-state index in [0.29, 0.717) is 71.1 Å². The number of halogens is 4. The number of rotatable bonds is 32. The molecule has 0 aliphatic carbocycles. The molecule has 0 unspecified atom stereocenters. The number of hydrogen-bond acceptors (Lipinski definition) is 34. The minimum absolute atomic E-state index is 0.0243. The van der Waals surface area contributed by atoms with Crippen LogP contribution in [-0.2, 0) is 44.9 Å². The summed E-state index contributed by atoms with van der Waals surface area (Å²) in [7, 11) is 15.6. The van der Waals surface area contributed by atoms with Gasteiger partial charge in [-0.2, -0.15) is 15.6 Å². The second-order valence-corrected chi connectivity index (χ2v) is 36.6. The average molecular weight is 1920 g/mol. The Morgan fingerprint density at radius 2 is 0.756 bits per heavy atom. The molecule has 8 saturated heterocycles. The standard InChI is InChI=1S/2C14H19N3O.C12H18ClN3O.3C12H18FN3O.C11H20N4O.C9H16N4OS/c1-18-7-6-17-9-13(14(16)10-17)12-4-2-11(8-15)3-5-12;1-18-6-5-17-9-13(14(16)10-17)12-4-2-3-11(7-12)8-15;2*1-17-3-2-16-7-11(12(14)8-16)9-4-10(13)6-15-5-9;1-17-5-4-16-7-10(12(14)8-16)9-2-3-15-6-11(9)13;1-17-5-4-16-7-10(11(14)8-16)12-3-2-9(13)6-15-12;1-14-6-9(5-13-14)10-7-15(3-4-16-2)8-11(10)12;1-14-3-2-13-4-7(8(10)5-13)9-6-15-12-11-9/h2-5,13-14H,6-7,9-10,16H2,1H3;2-4,7,13-14H,5-6,9-10,16H2,1H3;2*4-6,11-12H,2-3,7-8,14H2,1H3;2-3,6,10,12H,4-5,7-8,14H2,1H3;2-3,6,10-11H,4-5,7-8,14H2,1H3;5-6,10-11H,3-4,7-8,12H2,1-2H3;6-8H,2-5,10H2,1H3/t2*13-,14+;2*11-,12+;10-,12+;10-,11-;10-,11+;7-,8-/m00000101/s1. The third-order valence-electron chi connectivity index (χ3n) is 25.9. The summed E-state index contributed by atoms with van der Waals surface area (Å²) in [4.78, 5) is 34.2. The van der Waals surface area contributed by atoms with Crippen LogP contribution in [0.5, 0.6) is 0 Å². The monoisotopic (exact) mass is 1920 g/mol. The van der Waals surface area contributed by atoms with Gasteiger partial charge in [-0.15, -0.1) is 5.10 Å². The molecule has 6 aromatic heterocycles. The van der Waals surface area contributed by atoms with Crippen LogP contribution in [0, 0.1) is 40.1 Å². The van der Waals surface area contributed by atoms with Crippen LogP contribution in [0.15, 0.2) is 140 Å². The van der Waals surface area contributed by atoms with Gasteiger partial charge in [0, 0.05) is 359 Å². The van der Waals surface area contributed by atoms with Crippen LogP contribution in [0.1, 0.15) is 103 Å². The lowest BCUT2D eigenvalue weighted by atomic mass is 9.94. The minimum atomic E-state index is -0.309. The Balaban J connectivity index is 0.000000173. The van der Waals surface area contributed by atoms with E-state index in [0.717, 1.165) is 213 Å². The summed E-state index contributed by atoms with van der Waals surface area (Å²) in [5, 5.41) is 28.7. The summed E-state index contributed by atoms with van der Waals surface area (Å²) in [5.74, 6) is 1.26. The van der Waals surface area contributed by atoms with Crippen molar-refractivity contribution in [2.75, 3.05) is 267 Å². The van der Waals surface area contributed by atoms with Gasteiger partial charge >= 0.3 is 0 Å². The number of likely N-dealkylation sites (tertiary alicyclic amines) is 8. The molecule has 742 valence electrons. The quantitative estimate of drug-likeness (QED) is 0.0288. The number of ether oxygens (including phenoxy) is 8. The van der Waals surface area contributed by atoms with Crippen LogP contribution in [0.2, 0.25) is 5.02 Å². The van der Waals surface area contributed by atoms with Crippen molar-refractivity contribution in [2.45, 2.75) is 95.7 Å². The van der Waals surface area contributed by atoms with Crippen molar-refractivity contribution in [1.82, 2.24) is 78.5 Å².